The van der Waals surface area contributed by atoms with E-state index in [1.165, 1.54) is 12.1 Å². The van der Waals surface area contributed by atoms with Crippen LogP contribution in [0.2, 0.25) is 5.02 Å². The van der Waals surface area contributed by atoms with Crippen LogP contribution in [0.25, 0.3) is 10.9 Å². The van der Waals surface area contributed by atoms with Crippen molar-refractivity contribution in [3.05, 3.63) is 70.1 Å². The van der Waals surface area contributed by atoms with E-state index < -0.39 is 0 Å². The molecule has 1 aromatic heterocycles. The van der Waals surface area contributed by atoms with Crippen molar-refractivity contribution in [1.82, 2.24) is 4.57 Å². The van der Waals surface area contributed by atoms with E-state index in [-0.39, 0.29) is 17.5 Å². The van der Waals surface area contributed by atoms with E-state index >= 15 is 0 Å². The van der Waals surface area contributed by atoms with Gasteiger partial charge < -0.3 is 4.57 Å². The first kappa shape index (κ1) is 18.7. The van der Waals surface area contributed by atoms with Crippen LogP contribution < -0.4 is 0 Å². The van der Waals surface area contributed by atoms with E-state index in [4.69, 9.17) is 11.6 Å². The number of Topliss-reactive ketones (excluding diaryl/α,β-unsaturated/α-hetero) is 1. The van der Waals surface area contributed by atoms with E-state index in [0.29, 0.717) is 11.6 Å². The Kier molecular flexibility index (Phi) is 5.47. The minimum Gasteiger partial charge on any atom is -0.339 e. The molecule has 0 radical (unpaired) electrons. The van der Waals surface area contributed by atoms with Crippen LogP contribution in [0.5, 0.6) is 0 Å². The van der Waals surface area contributed by atoms with Gasteiger partial charge in [0.2, 0.25) is 0 Å². The van der Waals surface area contributed by atoms with Crippen LogP contribution >= 0.6 is 11.6 Å². The van der Waals surface area contributed by atoms with Gasteiger partial charge in [-0.2, -0.15) is 0 Å². The Labute approximate surface area is 158 Å². The highest BCUT2D eigenvalue weighted by Crippen LogP contribution is 2.31. The van der Waals surface area contributed by atoms with Crippen molar-refractivity contribution in [2.24, 2.45) is 5.92 Å². The monoisotopic (exact) mass is 371 g/mol. The number of hydrogen-bond acceptors (Lipinski definition) is 1. The summed E-state index contributed by atoms with van der Waals surface area (Å²) in [5.41, 5.74) is 3.71. The van der Waals surface area contributed by atoms with E-state index in [9.17, 15) is 9.18 Å². The fourth-order valence-electron chi connectivity index (χ4n) is 3.42. The SMILES string of the molecule is CCCc1c(C(=O)C(C)C)c2ccccc2n1Cc1ccc(F)cc1Cl. The number of aromatic nitrogens is 1. The summed E-state index contributed by atoms with van der Waals surface area (Å²) < 4.78 is 15.6. The third-order valence-corrected chi connectivity index (χ3v) is 5.03. The molecule has 2 aromatic carbocycles. The summed E-state index contributed by atoms with van der Waals surface area (Å²) in [6.07, 6.45) is 1.74. The van der Waals surface area contributed by atoms with Gasteiger partial charge in [0.15, 0.2) is 5.78 Å². The zero-order valence-corrected chi connectivity index (χ0v) is 16.1. The smallest absolute Gasteiger partial charge is 0.167 e. The number of para-hydroxylation sites is 1. The maximum absolute atomic E-state index is 13.4. The topological polar surface area (TPSA) is 22.0 Å². The lowest BCUT2D eigenvalue weighted by Gasteiger charge is -2.13. The number of hydrogen-bond donors (Lipinski definition) is 0. The lowest BCUT2D eigenvalue weighted by molar-refractivity contribution is 0.0940. The average Bonchev–Trinajstić information content (AvgIpc) is 2.90. The van der Waals surface area contributed by atoms with Gasteiger partial charge in [-0.15, -0.1) is 0 Å². The number of halogens is 2. The lowest BCUT2D eigenvalue weighted by atomic mass is 9.97. The van der Waals surface area contributed by atoms with Crippen LogP contribution in [-0.4, -0.2) is 10.4 Å². The lowest BCUT2D eigenvalue weighted by Crippen LogP contribution is -2.12. The number of carbonyl (C=O) groups is 1. The third-order valence-electron chi connectivity index (χ3n) is 4.68. The van der Waals surface area contributed by atoms with Crippen molar-refractivity contribution in [2.75, 3.05) is 0 Å². The molecule has 1 heterocycles. The number of ketones is 1. The summed E-state index contributed by atoms with van der Waals surface area (Å²) in [5, 5.41) is 1.38. The Morgan fingerprint density at radius 1 is 1.19 bits per heavy atom. The van der Waals surface area contributed by atoms with Gasteiger partial charge in [-0.05, 0) is 30.2 Å². The van der Waals surface area contributed by atoms with Crippen molar-refractivity contribution in [1.29, 1.82) is 0 Å². The van der Waals surface area contributed by atoms with Crippen LogP contribution in [0.4, 0.5) is 4.39 Å². The first-order valence-electron chi connectivity index (χ1n) is 9.02. The molecule has 0 aliphatic rings. The number of benzene rings is 2. The van der Waals surface area contributed by atoms with Crippen LogP contribution in [0.1, 0.15) is 48.8 Å². The fourth-order valence-corrected chi connectivity index (χ4v) is 3.64. The van der Waals surface area contributed by atoms with Gasteiger partial charge in [-0.25, -0.2) is 4.39 Å². The minimum atomic E-state index is -0.347. The average molecular weight is 372 g/mol. The molecule has 4 heteroatoms. The predicted octanol–water partition coefficient (Wildman–Crippen LogP) is 6.27. The van der Waals surface area contributed by atoms with E-state index in [0.717, 1.165) is 40.6 Å². The van der Waals surface area contributed by atoms with Crippen LogP contribution in [0.15, 0.2) is 42.5 Å². The van der Waals surface area contributed by atoms with Crippen LogP contribution in [0, 0.1) is 11.7 Å². The van der Waals surface area contributed by atoms with Crippen molar-refractivity contribution < 1.29 is 9.18 Å². The largest absolute Gasteiger partial charge is 0.339 e. The zero-order chi connectivity index (χ0) is 18.8. The molecule has 0 saturated heterocycles. The third kappa shape index (κ3) is 3.41. The maximum atomic E-state index is 13.4. The number of nitrogens with zero attached hydrogens (tertiary/aromatic N) is 1. The minimum absolute atomic E-state index is 0.0701. The van der Waals surface area contributed by atoms with Crippen molar-refractivity contribution in [2.45, 2.75) is 40.2 Å². The zero-order valence-electron chi connectivity index (χ0n) is 15.4. The highest BCUT2D eigenvalue weighted by Gasteiger charge is 2.23. The van der Waals surface area contributed by atoms with Gasteiger partial charge in [0.1, 0.15) is 5.82 Å². The van der Waals surface area contributed by atoms with Crippen molar-refractivity contribution >= 4 is 28.3 Å². The maximum Gasteiger partial charge on any atom is 0.167 e. The van der Waals surface area contributed by atoms with E-state index in [2.05, 4.69) is 11.5 Å². The molecule has 136 valence electrons. The molecule has 0 bridgehead atoms. The summed E-state index contributed by atoms with van der Waals surface area (Å²) >= 11 is 6.26. The summed E-state index contributed by atoms with van der Waals surface area (Å²) in [6, 6.07) is 12.5. The second-order valence-corrected chi connectivity index (χ2v) is 7.34. The molecule has 0 aliphatic carbocycles. The van der Waals surface area contributed by atoms with Crippen molar-refractivity contribution in [3.63, 3.8) is 0 Å². The standard InChI is InChI=1S/C22H23ClFNO/c1-4-7-20-21(22(26)14(2)3)17-8-5-6-9-19(17)25(20)13-15-10-11-16(24)12-18(15)23/h5-6,8-12,14H,4,7,13H2,1-3H3. The molecule has 0 aliphatic heterocycles. The molecule has 0 spiro atoms. The first-order chi connectivity index (χ1) is 12.4. The Bertz CT molecular complexity index is 958. The predicted molar refractivity (Wildman–Crippen MR) is 106 cm³/mol. The molecule has 0 amide bonds. The molecule has 0 fully saturated rings. The number of carbonyl (C=O) groups excluding carboxylic acids is 1. The Balaban J connectivity index is 2.23. The van der Waals surface area contributed by atoms with E-state index in [1.54, 1.807) is 6.07 Å². The van der Waals surface area contributed by atoms with E-state index in [1.807, 2.05) is 38.1 Å². The highest BCUT2D eigenvalue weighted by atomic mass is 35.5. The molecular formula is C22H23ClFNO. The molecule has 3 rings (SSSR count). The van der Waals surface area contributed by atoms with Gasteiger partial charge in [-0.1, -0.05) is 63.1 Å². The molecule has 0 saturated carbocycles. The van der Waals surface area contributed by atoms with Gasteiger partial charge >= 0.3 is 0 Å². The van der Waals surface area contributed by atoms with Crippen molar-refractivity contribution in [3.8, 4) is 0 Å². The highest BCUT2D eigenvalue weighted by molar-refractivity contribution is 6.31. The second kappa shape index (κ2) is 7.63. The second-order valence-electron chi connectivity index (χ2n) is 6.93. The first-order valence-corrected chi connectivity index (χ1v) is 9.40. The molecule has 0 N–H and O–H groups in total. The normalized spacial score (nSPS) is 11.5. The fraction of sp³-hybridized carbons (Fsp3) is 0.318. The summed E-state index contributed by atoms with van der Waals surface area (Å²) in [6.45, 7) is 6.48. The van der Waals surface area contributed by atoms with Gasteiger partial charge in [-0.3, -0.25) is 4.79 Å². The van der Waals surface area contributed by atoms with Gasteiger partial charge in [0.05, 0.1) is 0 Å². The summed E-state index contributed by atoms with van der Waals surface area (Å²) in [5.74, 6) is -0.256. The summed E-state index contributed by atoms with van der Waals surface area (Å²) in [7, 11) is 0. The molecular weight excluding hydrogens is 349 g/mol. The van der Waals surface area contributed by atoms with Crippen LogP contribution in [-0.2, 0) is 13.0 Å². The Morgan fingerprint density at radius 3 is 2.58 bits per heavy atom. The summed E-state index contributed by atoms with van der Waals surface area (Å²) in [4.78, 5) is 12.9. The molecule has 2 nitrogen and oxygen atoms in total. The Hall–Kier alpha value is -2.13. The Morgan fingerprint density at radius 2 is 1.92 bits per heavy atom. The number of fused-ring (bicyclic) bond motifs is 1. The molecule has 0 atom stereocenters. The molecule has 3 aromatic rings. The quantitative estimate of drug-likeness (QED) is 0.468. The van der Waals surface area contributed by atoms with Gasteiger partial charge in [0.25, 0.3) is 0 Å². The van der Waals surface area contributed by atoms with Gasteiger partial charge in [0, 0.05) is 39.6 Å². The van der Waals surface area contributed by atoms with Crippen LogP contribution in [0.3, 0.4) is 0 Å². The molecule has 26 heavy (non-hydrogen) atoms. The molecule has 0 unspecified atom stereocenters. The number of rotatable bonds is 6.